The minimum absolute atomic E-state index is 0.0203. The quantitative estimate of drug-likeness (QED) is 0.737. The lowest BCUT2D eigenvalue weighted by atomic mass is 10.1. The highest BCUT2D eigenvalue weighted by Gasteiger charge is 2.21. The molecule has 0 N–H and O–H groups in total. The van der Waals surface area contributed by atoms with Gasteiger partial charge in [-0.25, -0.2) is 0 Å². The van der Waals surface area contributed by atoms with Gasteiger partial charge in [0, 0.05) is 36.7 Å². The summed E-state index contributed by atoms with van der Waals surface area (Å²) in [7, 11) is 0. The number of hydrogen-bond donors (Lipinski definition) is 0. The van der Waals surface area contributed by atoms with Crippen LogP contribution in [-0.2, 0) is 14.2 Å². The Morgan fingerprint density at radius 1 is 1.00 bits per heavy atom. The van der Waals surface area contributed by atoms with Crippen molar-refractivity contribution in [2.24, 2.45) is 0 Å². The van der Waals surface area contributed by atoms with Gasteiger partial charge in [-0.1, -0.05) is 24.3 Å². The molecule has 5 heteroatoms. The van der Waals surface area contributed by atoms with Crippen LogP contribution in [0.5, 0.6) is 0 Å². The molecule has 4 rings (SSSR count). The first kappa shape index (κ1) is 17.7. The molecule has 2 aromatic rings. The van der Waals surface area contributed by atoms with E-state index in [0.29, 0.717) is 19.3 Å². The molecule has 2 saturated heterocycles. The number of piperidine rings is 1. The SMILES string of the molecule is c1ccc2c(N3CCC(OCCOC4CCCCO4)CC3)cncc2c1. The molecule has 1 aromatic heterocycles. The fourth-order valence-corrected chi connectivity index (χ4v) is 3.85. The van der Waals surface area contributed by atoms with E-state index in [9.17, 15) is 0 Å². The van der Waals surface area contributed by atoms with E-state index in [-0.39, 0.29) is 6.29 Å². The van der Waals surface area contributed by atoms with Crippen molar-refractivity contribution in [3.05, 3.63) is 36.7 Å². The summed E-state index contributed by atoms with van der Waals surface area (Å²) in [5.74, 6) is 0. The van der Waals surface area contributed by atoms with Gasteiger partial charge in [0.2, 0.25) is 0 Å². The molecular formula is C21H28N2O3. The third kappa shape index (κ3) is 4.34. The Labute approximate surface area is 155 Å². The zero-order valence-corrected chi connectivity index (χ0v) is 15.3. The maximum atomic E-state index is 6.02. The predicted molar refractivity (Wildman–Crippen MR) is 102 cm³/mol. The van der Waals surface area contributed by atoms with E-state index in [2.05, 4.69) is 34.1 Å². The standard InChI is InChI=1S/C21H28N2O3/c1-2-6-19-17(5-1)15-22-16-20(19)23-10-8-18(9-11-23)24-13-14-26-21-7-3-4-12-25-21/h1-2,5-6,15-16,18,21H,3-4,7-14H2. The Hall–Kier alpha value is -1.69. The molecule has 2 fully saturated rings. The molecule has 2 aliphatic rings. The lowest BCUT2D eigenvalue weighted by molar-refractivity contribution is -0.171. The topological polar surface area (TPSA) is 43.8 Å². The molecule has 0 saturated carbocycles. The van der Waals surface area contributed by atoms with Crippen LogP contribution in [0, 0.1) is 0 Å². The summed E-state index contributed by atoms with van der Waals surface area (Å²) in [6.07, 6.45) is 9.68. The average molecular weight is 356 g/mol. The van der Waals surface area contributed by atoms with E-state index in [1.54, 1.807) is 0 Å². The van der Waals surface area contributed by atoms with Crippen molar-refractivity contribution in [3.63, 3.8) is 0 Å². The molecule has 2 aliphatic heterocycles. The molecule has 1 unspecified atom stereocenters. The summed E-state index contributed by atoms with van der Waals surface area (Å²) in [6.45, 7) is 4.12. The number of rotatable bonds is 6. The molecule has 26 heavy (non-hydrogen) atoms. The van der Waals surface area contributed by atoms with Crippen LogP contribution in [0.3, 0.4) is 0 Å². The zero-order valence-electron chi connectivity index (χ0n) is 15.3. The van der Waals surface area contributed by atoms with Gasteiger partial charge in [-0.2, -0.15) is 0 Å². The molecule has 1 aromatic carbocycles. The normalized spacial score (nSPS) is 22.0. The Morgan fingerprint density at radius 2 is 1.85 bits per heavy atom. The maximum absolute atomic E-state index is 6.02. The van der Waals surface area contributed by atoms with Crippen LogP contribution >= 0.6 is 0 Å². The number of ether oxygens (including phenoxy) is 3. The number of aromatic nitrogens is 1. The number of nitrogens with zero attached hydrogens (tertiary/aromatic N) is 2. The van der Waals surface area contributed by atoms with Crippen molar-refractivity contribution in [2.75, 3.05) is 37.8 Å². The summed E-state index contributed by atoms with van der Waals surface area (Å²) < 4.78 is 17.3. The van der Waals surface area contributed by atoms with E-state index in [1.807, 2.05) is 12.4 Å². The van der Waals surface area contributed by atoms with Crippen LogP contribution in [0.15, 0.2) is 36.7 Å². The van der Waals surface area contributed by atoms with Gasteiger partial charge in [0.1, 0.15) is 0 Å². The molecule has 0 bridgehead atoms. The largest absolute Gasteiger partial charge is 0.376 e. The summed E-state index contributed by atoms with van der Waals surface area (Å²) in [6, 6.07) is 8.46. The van der Waals surface area contributed by atoms with Crippen LogP contribution < -0.4 is 4.90 Å². The lowest BCUT2D eigenvalue weighted by Crippen LogP contribution is -2.37. The molecule has 140 valence electrons. The average Bonchev–Trinajstić information content (AvgIpc) is 2.72. The Bertz CT molecular complexity index is 689. The third-order valence-electron chi connectivity index (χ3n) is 5.31. The molecular weight excluding hydrogens is 328 g/mol. The second-order valence-corrected chi connectivity index (χ2v) is 7.10. The minimum Gasteiger partial charge on any atom is -0.376 e. The number of pyridine rings is 1. The molecule has 0 amide bonds. The van der Waals surface area contributed by atoms with Gasteiger partial charge >= 0.3 is 0 Å². The molecule has 5 nitrogen and oxygen atoms in total. The monoisotopic (exact) mass is 356 g/mol. The number of anilines is 1. The summed E-state index contributed by atoms with van der Waals surface area (Å²) in [5.41, 5.74) is 1.24. The van der Waals surface area contributed by atoms with E-state index >= 15 is 0 Å². The number of fused-ring (bicyclic) bond motifs is 1. The van der Waals surface area contributed by atoms with Gasteiger partial charge in [0.25, 0.3) is 0 Å². The second kappa shape index (κ2) is 8.80. The Kier molecular flexibility index (Phi) is 5.99. The first-order chi connectivity index (χ1) is 12.9. The van der Waals surface area contributed by atoms with Crippen LogP contribution in [0.25, 0.3) is 10.8 Å². The van der Waals surface area contributed by atoms with Crippen LogP contribution in [0.4, 0.5) is 5.69 Å². The lowest BCUT2D eigenvalue weighted by Gasteiger charge is -2.34. The second-order valence-electron chi connectivity index (χ2n) is 7.10. The number of hydrogen-bond acceptors (Lipinski definition) is 5. The molecule has 0 aliphatic carbocycles. The highest BCUT2D eigenvalue weighted by atomic mass is 16.7. The fraction of sp³-hybridized carbons (Fsp3) is 0.571. The first-order valence-electron chi connectivity index (χ1n) is 9.83. The van der Waals surface area contributed by atoms with E-state index in [0.717, 1.165) is 45.4 Å². The van der Waals surface area contributed by atoms with Crippen LogP contribution in [0.1, 0.15) is 32.1 Å². The zero-order chi connectivity index (χ0) is 17.6. The van der Waals surface area contributed by atoms with Gasteiger partial charge < -0.3 is 19.1 Å². The van der Waals surface area contributed by atoms with Crippen molar-refractivity contribution in [1.82, 2.24) is 4.98 Å². The predicted octanol–water partition coefficient (Wildman–Crippen LogP) is 3.76. The van der Waals surface area contributed by atoms with Crippen LogP contribution in [0.2, 0.25) is 0 Å². The maximum Gasteiger partial charge on any atom is 0.157 e. The summed E-state index contributed by atoms with van der Waals surface area (Å²) in [5, 5.41) is 2.48. The fourth-order valence-electron chi connectivity index (χ4n) is 3.85. The minimum atomic E-state index is -0.0203. The Balaban J connectivity index is 1.22. The molecule has 3 heterocycles. The third-order valence-corrected chi connectivity index (χ3v) is 5.31. The highest BCUT2D eigenvalue weighted by Crippen LogP contribution is 2.28. The molecule has 0 radical (unpaired) electrons. The van der Waals surface area contributed by atoms with Gasteiger partial charge in [-0.05, 0) is 32.1 Å². The smallest absolute Gasteiger partial charge is 0.157 e. The van der Waals surface area contributed by atoms with Crippen molar-refractivity contribution < 1.29 is 14.2 Å². The Morgan fingerprint density at radius 3 is 2.69 bits per heavy atom. The molecule has 1 atom stereocenters. The van der Waals surface area contributed by atoms with Gasteiger partial charge in [0.15, 0.2) is 6.29 Å². The van der Waals surface area contributed by atoms with Crippen molar-refractivity contribution in [2.45, 2.75) is 44.5 Å². The number of benzene rings is 1. The molecule has 0 spiro atoms. The van der Waals surface area contributed by atoms with Gasteiger partial charge in [-0.15, -0.1) is 0 Å². The summed E-state index contributed by atoms with van der Waals surface area (Å²) in [4.78, 5) is 6.84. The van der Waals surface area contributed by atoms with Gasteiger partial charge in [0.05, 0.1) is 31.2 Å². The van der Waals surface area contributed by atoms with E-state index < -0.39 is 0 Å². The first-order valence-corrected chi connectivity index (χ1v) is 9.83. The van der Waals surface area contributed by atoms with Crippen molar-refractivity contribution >= 4 is 16.5 Å². The van der Waals surface area contributed by atoms with Crippen molar-refractivity contribution in [3.8, 4) is 0 Å². The van der Waals surface area contributed by atoms with E-state index in [4.69, 9.17) is 14.2 Å². The van der Waals surface area contributed by atoms with Gasteiger partial charge in [-0.3, -0.25) is 4.98 Å². The van der Waals surface area contributed by atoms with E-state index in [1.165, 1.54) is 22.9 Å². The highest BCUT2D eigenvalue weighted by molar-refractivity contribution is 5.93. The summed E-state index contributed by atoms with van der Waals surface area (Å²) >= 11 is 0. The van der Waals surface area contributed by atoms with Crippen molar-refractivity contribution in [1.29, 1.82) is 0 Å². The van der Waals surface area contributed by atoms with Crippen LogP contribution in [-0.4, -0.2) is 50.3 Å².